The van der Waals surface area contributed by atoms with E-state index in [0.29, 0.717) is 28.2 Å². The lowest BCUT2D eigenvalue weighted by Gasteiger charge is -2.29. The van der Waals surface area contributed by atoms with Gasteiger partial charge in [0.15, 0.2) is 0 Å². The van der Waals surface area contributed by atoms with E-state index in [4.69, 9.17) is 23.2 Å². The molecule has 21 heavy (non-hydrogen) atoms. The summed E-state index contributed by atoms with van der Waals surface area (Å²) in [5.74, 6) is 0.903. The maximum atomic E-state index is 10.3. The molecule has 118 valence electrons. The summed E-state index contributed by atoms with van der Waals surface area (Å²) in [6, 6.07) is 5.74. The van der Waals surface area contributed by atoms with E-state index in [1.807, 2.05) is 0 Å². The Morgan fingerprint density at radius 1 is 1.24 bits per heavy atom. The van der Waals surface area contributed by atoms with Crippen molar-refractivity contribution in [1.29, 1.82) is 0 Å². The van der Waals surface area contributed by atoms with Crippen molar-refractivity contribution in [3.63, 3.8) is 0 Å². The Balaban J connectivity index is 1.79. The molecular formula is C17H25Cl2NO. The van der Waals surface area contributed by atoms with Crippen LogP contribution < -0.4 is 5.32 Å². The summed E-state index contributed by atoms with van der Waals surface area (Å²) in [7, 11) is 0. The van der Waals surface area contributed by atoms with Gasteiger partial charge >= 0.3 is 0 Å². The Hall–Kier alpha value is -0.280. The molecular weight excluding hydrogens is 305 g/mol. The minimum Gasteiger partial charge on any atom is -0.387 e. The van der Waals surface area contributed by atoms with Crippen molar-refractivity contribution in [2.75, 3.05) is 6.54 Å². The third-order valence-corrected chi connectivity index (χ3v) is 5.04. The lowest BCUT2D eigenvalue weighted by Crippen LogP contribution is -2.35. The van der Waals surface area contributed by atoms with Gasteiger partial charge in [0.2, 0.25) is 0 Å². The Morgan fingerprint density at radius 2 is 1.95 bits per heavy atom. The number of halogens is 2. The van der Waals surface area contributed by atoms with E-state index < -0.39 is 6.10 Å². The van der Waals surface area contributed by atoms with E-state index in [2.05, 4.69) is 12.2 Å². The van der Waals surface area contributed by atoms with Gasteiger partial charge in [-0.3, -0.25) is 0 Å². The summed E-state index contributed by atoms with van der Waals surface area (Å²) in [6.45, 7) is 2.79. The maximum Gasteiger partial charge on any atom is 0.0929 e. The highest BCUT2D eigenvalue weighted by atomic mass is 35.5. The zero-order chi connectivity index (χ0) is 15.2. The van der Waals surface area contributed by atoms with Crippen LogP contribution in [0.5, 0.6) is 0 Å². The van der Waals surface area contributed by atoms with E-state index in [1.54, 1.807) is 18.2 Å². The van der Waals surface area contributed by atoms with E-state index in [-0.39, 0.29) is 0 Å². The average Bonchev–Trinajstić information content (AvgIpc) is 2.49. The number of aliphatic hydroxyl groups is 1. The van der Waals surface area contributed by atoms with Crippen LogP contribution in [0.4, 0.5) is 0 Å². The molecule has 1 unspecified atom stereocenters. The Kier molecular flexibility index (Phi) is 6.81. The first kappa shape index (κ1) is 17.1. The first-order valence-electron chi connectivity index (χ1n) is 7.96. The van der Waals surface area contributed by atoms with Crippen LogP contribution >= 0.6 is 23.2 Å². The minimum absolute atomic E-state index is 0.519. The smallest absolute Gasteiger partial charge is 0.0929 e. The van der Waals surface area contributed by atoms with Gasteiger partial charge in [0.1, 0.15) is 0 Å². The fraction of sp³-hybridized carbons (Fsp3) is 0.647. The second kappa shape index (κ2) is 8.38. The second-order valence-electron chi connectivity index (χ2n) is 6.10. The zero-order valence-electron chi connectivity index (χ0n) is 12.6. The number of aliphatic hydroxyl groups excluding tert-OH is 1. The molecule has 1 aliphatic rings. The predicted molar refractivity (Wildman–Crippen MR) is 90.1 cm³/mol. The number of rotatable bonds is 6. The van der Waals surface area contributed by atoms with Crippen molar-refractivity contribution in [2.24, 2.45) is 5.92 Å². The molecule has 0 aromatic heterocycles. The van der Waals surface area contributed by atoms with Gasteiger partial charge in [0.05, 0.1) is 6.10 Å². The number of nitrogens with one attached hydrogen (secondary N) is 1. The summed E-state index contributed by atoms with van der Waals surface area (Å²) < 4.78 is 0. The van der Waals surface area contributed by atoms with E-state index in [1.165, 1.54) is 38.5 Å². The lowest BCUT2D eigenvalue weighted by molar-refractivity contribution is 0.161. The van der Waals surface area contributed by atoms with Crippen LogP contribution in [0.2, 0.25) is 10.0 Å². The monoisotopic (exact) mass is 329 g/mol. The van der Waals surface area contributed by atoms with Gasteiger partial charge in [-0.15, -0.1) is 0 Å². The summed E-state index contributed by atoms with van der Waals surface area (Å²) in [5, 5.41) is 14.9. The molecule has 2 nitrogen and oxygen atoms in total. The molecule has 0 spiro atoms. The van der Waals surface area contributed by atoms with Crippen LogP contribution in [-0.2, 0) is 0 Å². The highest BCUT2D eigenvalue weighted by Gasteiger charge is 2.21. The molecule has 2 rings (SSSR count). The van der Waals surface area contributed by atoms with Crippen LogP contribution in [0.3, 0.4) is 0 Å². The molecule has 0 aliphatic heterocycles. The van der Waals surface area contributed by atoms with Crippen LogP contribution in [0.15, 0.2) is 18.2 Å². The van der Waals surface area contributed by atoms with E-state index >= 15 is 0 Å². The first-order chi connectivity index (χ1) is 10.1. The van der Waals surface area contributed by atoms with Gasteiger partial charge in [0, 0.05) is 28.2 Å². The van der Waals surface area contributed by atoms with Crippen LogP contribution in [0.1, 0.15) is 57.1 Å². The summed E-state index contributed by atoms with van der Waals surface area (Å²) in [6.07, 6.45) is 7.06. The van der Waals surface area contributed by atoms with Crippen molar-refractivity contribution < 1.29 is 5.11 Å². The van der Waals surface area contributed by atoms with Gasteiger partial charge in [-0.1, -0.05) is 43.0 Å². The number of hydrogen-bond acceptors (Lipinski definition) is 2. The molecule has 1 aromatic rings. The second-order valence-corrected chi connectivity index (χ2v) is 6.94. The van der Waals surface area contributed by atoms with Gasteiger partial charge < -0.3 is 10.4 Å². The SMILES string of the molecule is CCCC1CCC(NCC(O)c2cc(Cl)ccc2Cl)CC1. The summed E-state index contributed by atoms with van der Waals surface area (Å²) in [5.41, 5.74) is 0.705. The molecule has 4 heteroatoms. The largest absolute Gasteiger partial charge is 0.387 e. The fourth-order valence-corrected chi connectivity index (χ4v) is 3.65. The average molecular weight is 330 g/mol. The van der Waals surface area contributed by atoms with Crippen molar-refractivity contribution in [1.82, 2.24) is 5.32 Å². The Bertz CT molecular complexity index is 444. The Morgan fingerprint density at radius 3 is 2.62 bits per heavy atom. The van der Waals surface area contributed by atoms with Crippen molar-refractivity contribution >= 4 is 23.2 Å². The molecule has 0 amide bonds. The van der Waals surface area contributed by atoms with Gasteiger partial charge in [-0.05, 0) is 49.8 Å². The van der Waals surface area contributed by atoms with Crippen molar-refractivity contribution in [3.05, 3.63) is 33.8 Å². The molecule has 1 aromatic carbocycles. The fourth-order valence-electron chi connectivity index (χ4n) is 3.22. The molecule has 0 radical (unpaired) electrons. The summed E-state index contributed by atoms with van der Waals surface area (Å²) in [4.78, 5) is 0. The lowest BCUT2D eigenvalue weighted by atomic mass is 9.83. The third kappa shape index (κ3) is 5.14. The van der Waals surface area contributed by atoms with Crippen LogP contribution in [0, 0.1) is 5.92 Å². The quantitative estimate of drug-likeness (QED) is 0.771. The topological polar surface area (TPSA) is 32.3 Å². The minimum atomic E-state index is -0.607. The van der Waals surface area contributed by atoms with E-state index in [0.717, 1.165) is 5.92 Å². The van der Waals surface area contributed by atoms with Crippen LogP contribution in [0.25, 0.3) is 0 Å². The molecule has 1 aliphatic carbocycles. The summed E-state index contributed by atoms with van der Waals surface area (Å²) >= 11 is 12.1. The van der Waals surface area contributed by atoms with Gasteiger partial charge in [-0.2, -0.15) is 0 Å². The van der Waals surface area contributed by atoms with Gasteiger partial charge in [0.25, 0.3) is 0 Å². The Labute approximate surface area is 137 Å². The molecule has 0 heterocycles. The molecule has 1 fully saturated rings. The molecule has 1 saturated carbocycles. The highest BCUT2D eigenvalue weighted by Crippen LogP contribution is 2.29. The van der Waals surface area contributed by atoms with Crippen molar-refractivity contribution in [2.45, 2.75) is 57.6 Å². The first-order valence-corrected chi connectivity index (χ1v) is 8.72. The predicted octanol–water partition coefficient (Wildman–Crippen LogP) is 4.98. The van der Waals surface area contributed by atoms with E-state index in [9.17, 15) is 5.11 Å². The standard InChI is InChI=1S/C17H25Cl2NO/c1-2-3-12-4-7-14(8-5-12)20-11-17(21)15-10-13(18)6-9-16(15)19/h6,9-10,12,14,17,20-21H,2-5,7-8,11H2,1H3. The molecule has 1 atom stereocenters. The zero-order valence-corrected chi connectivity index (χ0v) is 14.1. The number of benzene rings is 1. The molecule has 0 saturated heterocycles. The molecule has 0 bridgehead atoms. The normalized spacial score (nSPS) is 24.0. The van der Waals surface area contributed by atoms with Crippen LogP contribution in [-0.4, -0.2) is 17.7 Å². The van der Waals surface area contributed by atoms with Crippen molar-refractivity contribution in [3.8, 4) is 0 Å². The molecule has 2 N–H and O–H groups in total. The van der Waals surface area contributed by atoms with Gasteiger partial charge in [-0.25, -0.2) is 0 Å². The highest BCUT2D eigenvalue weighted by molar-refractivity contribution is 6.33. The maximum absolute atomic E-state index is 10.3. The number of hydrogen-bond donors (Lipinski definition) is 2. The third-order valence-electron chi connectivity index (χ3n) is 4.46.